The van der Waals surface area contributed by atoms with E-state index in [4.69, 9.17) is 4.74 Å². The summed E-state index contributed by atoms with van der Waals surface area (Å²) < 4.78 is 30.4. The molecule has 0 spiro atoms. The average molecular weight is 376 g/mol. The maximum atomic E-state index is 12.5. The van der Waals surface area contributed by atoms with Crippen LogP contribution in [0.25, 0.3) is 0 Å². The van der Waals surface area contributed by atoms with Crippen LogP contribution in [-0.4, -0.2) is 80.3 Å². The van der Waals surface area contributed by atoms with E-state index in [-0.39, 0.29) is 29.6 Å². The molecule has 7 nitrogen and oxygen atoms in total. The van der Waals surface area contributed by atoms with Crippen molar-refractivity contribution in [3.05, 3.63) is 0 Å². The van der Waals surface area contributed by atoms with E-state index in [1.165, 1.54) is 10.6 Å². The number of hydrogen-bond donors (Lipinski definition) is 1. The Kier molecular flexibility index (Phi) is 6.51. The van der Waals surface area contributed by atoms with Gasteiger partial charge in [-0.05, 0) is 40.5 Å². The standard InChI is InChI=1S/C17H33N3O4S/c1-13-10-19(11-14(2)24-13)17(3,4)12-18-16(21)15-6-8-20(9-7-15)25(5,22)23/h13-15H,6-12H2,1-5H3,(H,18,21)/t13-,14-/m1/s1. The van der Waals surface area contributed by atoms with Crippen molar-refractivity contribution in [3.63, 3.8) is 0 Å². The SMILES string of the molecule is C[C@@H]1CN(C(C)(C)CNC(=O)C2CCN(S(C)(=O)=O)CC2)C[C@@H](C)O1. The molecule has 2 atom stereocenters. The minimum atomic E-state index is -3.15. The van der Waals surface area contributed by atoms with Crippen LogP contribution in [0.4, 0.5) is 0 Å². The summed E-state index contributed by atoms with van der Waals surface area (Å²) >= 11 is 0. The van der Waals surface area contributed by atoms with Crippen molar-refractivity contribution in [2.45, 2.75) is 58.3 Å². The lowest BCUT2D eigenvalue weighted by atomic mass is 9.95. The van der Waals surface area contributed by atoms with E-state index in [2.05, 4.69) is 37.9 Å². The summed E-state index contributed by atoms with van der Waals surface area (Å²) in [6, 6.07) is 0. The summed E-state index contributed by atoms with van der Waals surface area (Å²) in [6.45, 7) is 11.6. The number of rotatable bonds is 5. The van der Waals surface area contributed by atoms with Crippen molar-refractivity contribution in [2.24, 2.45) is 5.92 Å². The van der Waals surface area contributed by atoms with Crippen LogP contribution >= 0.6 is 0 Å². The number of ether oxygens (including phenoxy) is 1. The molecule has 2 aliphatic rings. The number of nitrogens with one attached hydrogen (secondary N) is 1. The van der Waals surface area contributed by atoms with Gasteiger partial charge in [0.25, 0.3) is 0 Å². The van der Waals surface area contributed by atoms with E-state index in [9.17, 15) is 13.2 Å². The molecule has 25 heavy (non-hydrogen) atoms. The predicted molar refractivity (Wildman–Crippen MR) is 97.8 cm³/mol. The van der Waals surface area contributed by atoms with Crippen molar-refractivity contribution in [1.29, 1.82) is 0 Å². The minimum Gasteiger partial charge on any atom is -0.373 e. The van der Waals surface area contributed by atoms with Crippen LogP contribution in [0, 0.1) is 5.92 Å². The van der Waals surface area contributed by atoms with Gasteiger partial charge in [0.1, 0.15) is 0 Å². The monoisotopic (exact) mass is 375 g/mol. The Hall–Kier alpha value is -0.700. The first kappa shape index (κ1) is 20.6. The normalized spacial score (nSPS) is 28.0. The van der Waals surface area contributed by atoms with Crippen molar-refractivity contribution < 1.29 is 17.9 Å². The van der Waals surface area contributed by atoms with E-state index in [0.717, 1.165) is 13.1 Å². The number of piperidine rings is 1. The molecule has 0 radical (unpaired) electrons. The first-order valence-electron chi connectivity index (χ1n) is 9.12. The summed E-state index contributed by atoms with van der Waals surface area (Å²) in [5, 5.41) is 3.08. The van der Waals surface area contributed by atoms with Gasteiger partial charge in [0.05, 0.1) is 18.5 Å². The molecular weight excluding hydrogens is 342 g/mol. The highest BCUT2D eigenvalue weighted by Gasteiger charge is 2.34. The van der Waals surface area contributed by atoms with Gasteiger partial charge in [-0.15, -0.1) is 0 Å². The van der Waals surface area contributed by atoms with E-state index in [0.29, 0.717) is 32.5 Å². The Morgan fingerprint density at radius 2 is 1.68 bits per heavy atom. The van der Waals surface area contributed by atoms with Gasteiger partial charge in [0.15, 0.2) is 0 Å². The maximum absolute atomic E-state index is 12.5. The first-order chi connectivity index (χ1) is 11.5. The Labute approximate surface area is 152 Å². The molecule has 2 rings (SSSR count). The molecule has 0 bridgehead atoms. The lowest BCUT2D eigenvalue weighted by Crippen LogP contribution is -2.59. The van der Waals surface area contributed by atoms with Crippen LogP contribution in [0.2, 0.25) is 0 Å². The summed E-state index contributed by atoms with van der Waals surface area (Å²) in [5.74, 6) is -0.0630. The second-order valence-electron chi connectivity index (χ2n) is 8.13. The largest absolute Gasteiger partial charge is 0.373 e. The number of hydrogen-bond acceptors (Lipinski definition) is 5. The summed E-state index contributed by atoms with van der Waals surface area (Å²) in [6.07, 6.45) is 2.79. The fourth-order valence-electron chi connectivity index (χ4n) is 3.68. The van der Waals surface area contributed by atoms with Gasteiger partial charge in [-0.3, -0.25) is 9.69 Å². The highest BCUT2D eigenvalue weighted by molar-refractivity contribution is 7.88. The zero-order chi connectivity index (χ0) is 18.8. The number of amides is 1. The zero-order valence-electron chi connectivity index (χ0n) is 16.1. The fraction of sp³-hybridized carbons (Fsp3) is 0.941. The number of morpholine rings is 1. The second kappa shape index (κ2) is 7.90. The van der Waals surface area contributed by atoms with Crippen LogP contribution in [0.15, 0.2) is 0 Å². The molecule has 0 aromatic carbocycles. The lowest BCUT2D eigenvalue weighted by molar-refractivity contribution is -0.127. The van der Waals surface area contributed by atoms with E-state index >= 15 is 0 Å². The Bertz CT molecular complexity index is 560. The minimum absolute atomic E-state index is 0.0376. The molecular formula is C17H33N3O4S. The number of carbonyl (C=O) groups excluding carboxylic acids is 1. The predicted octanol–water partition coefficient (Wildman–Crippen LogP) is 0.662. The maximum Gasteiger partial charge on any atom is 0.223 e. The fourth-order valence-corrected chi connectivity index (χ4v) is 4.56. The van der Waals surface area contributed by atoms with Crippen LogP contribution in [0.5, 0.6) is 0 Å². The molecule has 146 valence electrons. The Morgan fingerprint density at radius 3 is 2.16 bits per heavy atom. The molecule has 2 aliphatic heterocycles. The highest BCUT2D eigenvalue weighted by Crippen LogP contribution is 2.22. The van der Waals surface area contributed by atoms with Gasteiger partial charge in [0, 0.05) is 44.2 Å². The third kappa shape index (κ3) is 5.64. The lowest BCUT2D eigenvalue weighted by Gasteiger charge is -2.45. The summed E-state index contributed by atoms with van der Waals surface area (Å²) in [5.41, 5.74) is -0.143. The van der Waals surface area contributed by atoms with Crippen molar-refractivity contribution in [3.8, 4) is 0 Å². The first-order valence-corrected chi connectivity index (χ1v) is 11.0. The molecule has 0 aliphatic carbocycles. The van der Waals surface area contributed by atoms with E-state index in [1.807, 2.05) is 0 Å². The highest BCUT2D eigenvalue weighted by atomic mass is 32.2. The number of nitrogens with zero attached hydrogens (tertiary/aromatic N) is 2. The van der Waals surface area contributed by atoms with E-state index < -0.39 is 10.0 Å². The van der Waals surface area contributed by atoms with Crippen molar-refractivity contribution >= 4 is 15.9 Å². The smallest absolute Gasteiger partial charge is 0.223 e. The molecule has 1 amide bonds. The zero-order valence-corrected chi connectivity index (χ0v) is 16.9. The Morgan fingerprint density at radius 1 is 1.16 bits per heavy atom. The van der Waals surface area contributed by atoms with E-state index in [1.54, 1.807) is 0 Å². The van der Waals surface area contributed by atoms with Gasteiger partial charge < -0.3 is 10.1 Å². The third-order valence-corrected chi connectivity index (χ3v) is 6.57. The van der Waals surface area contributed by atoms with Crippen LogP contribution in [0.1, 0.15) is 40.5 Å². The van der Waals surface area contributed by atoms with Crippen LogP contribution in [-0.2, 0) is 19.6 Å². The molecule has 0 unspecified atom stereocenters. The Balaban J connectivity index is 1.83. The van der Waals surface area contributed by atoms with Crippen molar-refractivity contribution in [2.75, 3.05) is 39.0 Å². The average Bonchev–Trinajstić information content (AvgIpc) is 2.51. The quantitative estimate of drug-likeness (QED) is 0.764. The molecule has 0 aromatic rings. The molecule has 8 heteroatoms. The summed E-state index contributed by atoms with van der Waals surface area (Å²) in [4.78, 5) is 14.9. The summed E-state index contributed by atoms with van der Waals surface area (Å²) in [7, 11) is -3.15. The molecule has 1 N–H and O–H groups in total. The number of sulfonamides is 1. The van der Waals surface area contributed by atoms with Crippen LogP contribution < -0.4 is 5.32 Å². The second-order valence-corrected chi connectivity index (χ2v) is 10.1. The topological polar surface area (TPSA) is 79.0 Å². The molecule has 0 saturated carbocycles. The third-order valence-electron chi connectivity index (χ3n) is 5.26. The number of carbonyl (C=O) groups is 1. The van der Waals surface area contributed by atoms with Gasteiger partial charge in [-0.1, -0.05) is 0 Å². The molecule has 2 heterocycles. The van der Waals surface area contributed by atoms with Gasteiger partial charge in [-0.2, -0.15) is 0 Å². The van der Waals surface area contributed by atoms with Gasteiger partial charge >= 0.3 is 0 Å². The molecule has 2 fully saturated rings. The van der Waals surface area contributed by atoms with Gasteiger partial charge in [0.2, 0.25) is 15.9 Å². The van der Waals surface area contributed by atoms with Gasteiger partial charge in [-0.25, -0.2) is 12.7 Å². The molecule has 0 aromatic heterocycles. The molecule has 2 saturated heterocycles. The van der Waals surface area contributed by atoms with Crippen molar-refractivity contribution in [1.82, 2.24) is 14.5 Å². The van der Waals surface area contributed by atoms with Crippen LogP contribution in [0.3, 0.4) is 0 Å².